The molecule has 0 aliphatic rings. The van der Waals surface area contributed by atoms with E-state index in [4.69, 9.17) is 11.6 Å². The average Bonchev–Trinajstić information content (AvgIpc) is 3.05. The molecule has 9 heteroatoms. The number of carbonyl (C=O) groups excluding carboxylic acids is 1. The average molecular weight is 380 g/mol. The van der Waals surface area contributed by atoms with Crippen LogP contribution in [0.5, 0.6) is 0 Å². The predicted molar refractivity (Wildman–Crippen MR) is 89.6 cm³/mol. The van der Waals surface area contributed by atoms with E-state index in [0.29, 0.717) is 5.69 Å². The van der Waals surface area contributed by atoms with Gasteiger partial charge in [0.05, 0.1) is 17.4 Å². The fourth-order valence-corrected chi connectivity index (χ4v) is 3.28. The molecular weight excluding hydrogens is 369 g/mol. The van der Waals surface area contributed by atoms with Gasteiger partial charge in [0.2, 0.25) is 0 Å². The number of hydrogen-bond donors (Lipinski definition) is 1. The minimum absolute atomic E-state index is 0.0156. The Labute approximate surface area is 147 Å². The van der Waals surface area contributed by atoms with Gasteiger partial charge >= 0.3 is 0 Å². The molecule has 3 aromatic rings. The quantitative estimate of drug-likeness (QED) is 0.755. The molecule has 1 amide bonds. The second kappa shape index (κ2) is 6.66. The molecule has 3 rings (SSSR count). The van der Waals surface area contributed by atoms with Gasteiger partial charge in [0.1, 0.15) is 10.7 Å². The molecule has 128 valence electrons. The van der Waals surface area contributed by atoms with Gasteiger partial charge in [-0.25, -0.2) is 22.2 Å². The summed E-state index contributed by atoms with van der Waals surface area (Å²) >= 11 is 5.60. The summed E-state index contributed by atoms with van der Waals surface area (Å²) in [5.41, 5.74) is 0.718. The number of carbonyl (C=O) groups is 1. The summed E-state index contributed by atoms with van der Waals surface area (Å²) < 4.78 is 41.4. The van der Waals surface area contributed by atoms with Crippen LogP contribution in [0.3, 0.4) is 0 Å². The standard InChI is InChI=1S/C16H11ClFN3O3S/c17-12-6-7-15(14(18)8-12)25(23,24)20-16(22)11-9-19-21(10-11)13-4-2-1-3-5-13/h1-10H,(H,20,22). The highest BCUT2D eigenvalue weighted by molar-refractivity contribution is 7.90. The van der Waals surface area contributed by atoms with Crippen molar-refractivity contribution >= 4 is 27.5 Å². The van der Waals surface area contributed by atoms with E-state index < -0.39 is 26.6 Å². The lowest BCUT2D eigenvalue weighted by molar-refractivity contribution is 0.0981. The summed E-state index contributed by atoms with van der Waals surface area (Å²) in [7, 11) is -4.38. The number of para-hydroxylation sites is 1. The van der Waals surface area contributed by atoms with Gasteiger partial charge in [0, 0.05) is 11.2 Å². The molecule has 2 aromatic carbocycles. The number of hydrogen-bond acceptors (Lipinski definition) is 4. The summed E-state index contributed by atoms with van der Waals surface area (Å²) in [6, 6.07) is 12.0. The van der Waals surface area contributed by atoms with Gasteiger partial charge in [0.25, 0.3) is 15.9 Å². The molecule has 0 bridgehead atoms. The number of aromatic nitrogens is 2. The number of sulfonamides is 1. The fourth-order valence-electron chi connectivity index (χ4n) is 2.09. The van der Waals surface area contributed by atoms with E-state index in [1.54, 1.807) is 24.3 Å². The minimum Gasteiger partial charge on any atom is -0.268 e. The predicted octanol–water partition coefficient (Wildman–Crippen LogP) is 2.78. The second-order valence-electron chi connectivity index (χ2n) is 5.02. The van der Waals surface area contributed by atoms with Crippen LogP contribution in [0.4, 0.5) is 4.39 Å². The maximum absolute atomic E-state index is 13.8. The summed E-state index contributed by atoms with van der Waals surface area (Å²) in [6.45, 7) is 0. The van der Waals surface area contributed by atoms with E-state index in [1.807, 2.05) is 10.8 Å². The smallest absolute Gasteiger partial charge is 0.268 e. The summed E-state index contributed by atoms with van der Waals surface area (Å²) in [4.78, 5) is 11.5. The Morgan fingerprint density at radius 1 is 1.16 bits per heavy atom. The molecule has 0 spiro atoms. The maximum Gasteiger partial charge on any atom is 0.268 e. The fraction of sp³-hybridized carbons (Fsp3) is 0. The molecule has 25 heavy (non-hydrogen) atoms. The van der Waals surface area contributed by atoms with E-state index >= 15 is 0 Å². The number of rotatable bonds is 4. The number of halogens is 2. The van der Waals surface area contributed by atoms with Gasteiger partial charge < -0.3 is 0 Å². The first kappa shape index (κ1) is 17.1. The van der Waals surface area contributed by atoms with Crippen LogP contribution in [-0.4, -0.2) is 24.1 Å². The Kier molecular flexibility index (Phi) is 4.56. The molecule has 6 nitrogen and oxygen atoms in total. The monoisotopic (exact) mass is 379 g/mol. The highest BCUT2D eigenvalue weighted by Crippen LogP contribution is 2.19. The highest BCUT2D eigenvalue weighted by Gasteiger charge is 2.23. The summed E-state index contributed by atoms with van der Waals surface area (Å²) in [5.74, 6) is -1.97. The zero-order valence-corrected chi connectivity index (χ0v) is 14.1. The first-order chi connectivity index (χ1) is 11.9. The Balaban J connectivity index is 1.84. The molecular formula is C16H11ClFN3O3S. The van der Waals surface area contributed by atoms with E-state index in [-0.39, 0.29) is 10.6 Å². The van der Waals surface area contributed by atoms with Crippen LogP contribution in [0.25, 0.3) is 5.69 Å². The number of benzene rings is 2. The van der Waals surface area contributed by atoms with Crippen LogP contribution in [0.1, 0.15) is 10.4 Å². The molecule has 0 unspecified atom stereocenters. The van der Waals surface area contributed by atoms with Crippen molar-refractivity contribution in [3.63, 3.8) is 0 Å². The number of amides is 1. The number of nitrogens with zero attached hydrogens (tertiary/aromatic N) is 2. The van der Waals surface area contributed by atoms with Crippen molar-refractivity contribution in [3.8, 4) is 5.69 Å². The molecule has 0 saturated heterocycles. The lowest BCUT2D eigenvalue weighted by Crippen LogP contribution is -2.31. The third-order valence-corrected chi connectivity index (χ3v) is 4.88. The van der Waals surface area contributed by atoms with Crippen molar-refractivity contribution in [2.75, 3.05) is 0 Å². The van der Waals surface area contributed by atoms with E-state index in [9.17, 15) is 17.6 Å². The Morgan fingerprint density at radius 3 is 2.56 bits per heavy atom. The Morgan fingerprint density at radius 2 is 1.88 bits per heavy atom. The number of nitrogens with one attached hydrogen (secondary N) is 1. The second-order valence-corrected chi connectivity index (χ2v) is 7.11. The lowest BCUT2D eigenvalue weighted by atomic mass is 10.3. The van der Waals surface area contributed by atoms with Gasteiger partial charge in [0.15, 0.2) is 0 Å². The van der Waals surface area contributed by atoms with Crippen molar-refractivity contribution < 1.29 is 17.6 Å². The van der Waals surface area contributed by atoms with Crippen molar-refractivity contribution in [2.45, 2.75) is 4.90 Å². The van der Waals surface area contributed by atoms with Crippen molar-refractivity contribution in [3.05, 3.63) is 77.3 Å². The molecule has 0 aliphatic heterocycles. The Hall–Kier alpha value is -2.71. The largest absolute Gasteiger partial charge is 0.268 e. The molecule has 1 aromatic heterocycles. The van der Waals surface area contributed by atoms with Crippen molar-refractivity contribution in [1.29, 1.82) is 0 Å². The maximum atomic E-state index is 13.8. The molecule has 0 fully saturated rings. The molecule has 0 radical (unpaired) electrons. The molecule has 0 saturated carbocycles. The molecule has 0 aliphatic carbocycles. The molecule has 1 heterocycles. The van der Waals surface area contributed by atoms with Crippen LogP contribution in [0, 0.1) is 5.82 Å². The molecule has 1 N–H and O–H groups in total. The lowest BCUT2D eigenvalue weighted by Gasteiger charge is -2.07. The van der Waals surface area contributed by atoms with Crippen LogP contribution in [-0.2, 0) is 10.0 Å². The molecule has 0 atom stereocenters. The van der Waals surface area contributed by atoms with Crippen molar-refractivity contribution in [2.24, 2.45) is 0 Å². The third-order valence-electron chi connectivity index (χ3n) is 3.28. The van der Waals surface area contributed by atoms with Crippen LogP contribution >= 0.6 is 11.6 Å². The van der Waals surface area contributed by atoms with Crippen molar-refractivity contribution in [1.82, 2.24) is 14.5 Å². The minimum atomic E-state index is -4.38. The zero-order valence-electron chi connectivity index (χ0n) is 12.6. The van der Waals surface area contributed by atoms with Gasteiger partial charge in [-0.1, -0.05) is 29.8 Å². The first-order valence-electron chi connectivity index (χ1n) is 6.99. The van der Waals surface area contributed by atoms with Crippen LogP contribution in [0.15, 0.2) is 65.8 Å². The van der Waals surface area contributed by atoms with E-state index in [1.165, 1.54) is 23.1 Å². The van der Waals surface area contributed by atoms with Crippen LogP contribution in [0.2, 0.25) is 5.02 Å². The van der Waals surface area contributed by atoms with Gasteiger partial charge in [-0.15, -0.1) is 0 Å². The summed E-state index contributed by atoms with van der Waals surface area (Å²) in [6.07, 6.45) is 2.59. The summed E-state index contributed by atoms with van der Waals surface area (Å²) in [5, 5.41) is 4.06. The normalized spacial score (nSPS) is 11.3. The van der Waals surface area contributed by atoms with E-state index in [2.05, 4.69) is 5.10 Å². The Bertz CT molecular complexity index is 1040. The topological polar surface area (TPSA) is 81.1 Å². The third kappa shape index (κ3) is 3.70. The van der Waals surface area contributed by atoms with Crippen LogP contribution < -0.4 is 4.72 Å². The van der Waals surface area contributed by atoms with Gasteiger partial charge in [-0.2, -0.15) is 5.10 Å². The SMILES string of the molecule is O=C(NS(=O)(=O)c1ccc(Cl)cc1F)c1cnn(-c2ccccc2)c1. The first-order valence-corrected chi connectivity index (χ1v) is 8.85. The van der Waals surface area contributed by atoms with Gasteiger partial charge in [-0.05, 0) is 30.3 Å². The highest BCUT2D eigenvalue weighted by atomic mass is 35.5. The van der Waals surface area contributed by atoms with E-state index in [0.717, 1.165) is 12.1 Å². The zero-order chi connectivity index (χ0) is 18.0. The van der Waals surface area contributed by atoms with Gasteiger partial charge in [-0.3, -0.25) is 4.79 Å².